The van der Waals surface area contributed by atoms with Crippen LogP contribution in [0.1, 0.15) is 22.8 Å². The first-order valence-electron chi connectivity index (χ1n) is 8.03. The highest BCUT2D eigenvalue weighted by Crippen LogP contribution is 2.31. The molecule has 3 aromatic rings. The minimum absolute atomic E-state index is 0.274. The fraction of sp³-hybridized carbons (Fsp3) is 0.158. The van der Waals surface area contributed by atoms with E-state index in [9.17, 15) is 4.79 Å². The molecule has 1 aromatic heterocycles. The molecule has 134 valence electrons. The number of para-hydroxylation sites is 1. The van der Waals surface area contributed by atoms with Gasteiger partial charge in [-0.15, -0.1) is 0 Å². The van der Waals surface area contributed by atoms with Gasteiger partial charge in [0.1, 0.15) is 5.56 Å². The third kappa shape index (κ3) is 3.69. The zero-order valence-electron chi connectivity index (χ0n) is 14.1. The van der Waals surface area contributed by atoms with Crippen molar-refractivity contribution in [2.24, 2.45) is 0 Å². The maximum atomic E-state index is 12.3. The van der Waals surface area contributed by atoms with E-state index in [0.29, 0.717) is 39.0 Å². The minimum atomic E-state index is -0.450. The Morgan fingerprint density at radius 2 is 2.08 bits per heavy atom. The molecule has 7 heteroatoms. The van der Waals surface area contributed by atoms with E-state index < -0.39 is 5.97 Å². The number of carbonyl (C=O) groups excluding carboxylic acids is 1. The molecule has 0 aliphatic carbocycles. The van der Waals surface area contributed by atoms with Gasteiger partial charge in [0.2, 0.25) is 0 Å². The van der Waals surface area contributed by atoms with E-state index in [1.807, 2.05) is 18.2 Å². The summed E-state index contributed by atoms with van der Waals surface area (Å²) in [5.41, 5.74) is 8.96. The lowest BCUT2D eigenvalue weighted by molar-refractivity contribution is 0.0527. The number of nitrogens with one attached hydrogen (secondary N) is 1. The predicted molar refractivity (Wildman–Crippen MR) is 106 cm³/mol. The summed E-state index contributed by atoms with van der Waals surface area (Å²) in [5.74, 6) is -0.450. The quantitative estimate of drug-likeness (QED) is 0.478. The fourth-order valence-electron chi connectivity index (χ4n) is 2.65. The summed E-state index contributed by atoms with van der Waals surface area (Å²) in [6.45, 7) is 2.43. The van der Waals surface area contributed by atoms with E-state index in [1.165, 1.54) is 6.20 Å². The van der Waals surface area contributed by atoms with Crippen molar-refractivity contribution < 1.29 is 9.53 Å². The lowest BCUT2D eigenvalue weighted by Gasteiger charge is -2.15. The average Bonchev–Trinajstić information content (AvgIpc) is 2.61. The number of hydrogen-bond donors (Lipinski definition) is 2. The number of fused-ring (bicyclic) bond motifs is 1. The van der Waals surface area contributed by atoms with Crippen molar-refractivity contribution in [3.8, 4) is 0 Å². The largest absolute Gasteiger partial charge is 0.462 e. The van der Waals surface area contributed by atoms with E-state index in [0.717, 1.165) is 10.9 Å². The molecule has 5 nitrogen and oxygen atoms in total. The van der Waals surface area contributed by atoms with Crippen molar-refractivity contribution in [2.45, 2.75) is 13.5 Å². The molecule has 0 bridgehead atoms. The van der Waals surface area contributed by atoms with E-state index in [1.54, 1.807) is 25.1 Å². The number of pyridine rings is 1. The summed E-state index contributed by atoms with van der Waals surface area (Å²) in [6, 6.07) is 10.7. The van der Waals surface area contributed by atoms with Crippen LogP contribution in [0.2, 0.25) is 10.0 Å². The van der Waals surface area contributed by atoms with Gasteiger partial charge in [-0.25, -0.2) is 4.79 Å². The first kappa shape index (κ1) is 18.3. The third-order valence-corrected chi connectivity index (χ3v) is 4.48. The molecule has 0 saturated carbocycles. The van der Waals surface area contributed by atoms with Crippen LogP contribution in [0.15, 0.2) is 42.6 Å². The van der Waals surface area contributed by atoms with Crippen LogP contribution in [0.4, 0.5) is 11.4 Å². The third-order valence-electron chi connectivity index (χ3n) is 3.89. The van der Waals surface area contributed by atoms with Crippen molar-refractivity contribution in [1.82, 2.24) is 4.98 Å². The summed E-state index contributed by atoms with van der Waals surface area (Å²) >= 11 is 12.2. The Morgan fingerprint density at radius 1 is 1.27 bits per heavy atom. The molecule has 0 atom stereocenters. The Morgan fingerprint density at radius 3 is 2.81 bits per heavy atom. The number of rotatable bonds is 5. The van der Waals surface area contributed by atoms with Crippen LogP contribution in [0.25, 0.3) is 10.9 Å². The molecule has 0 amide bonds. The van der Waals surface area contributed by atoms with Crippen LogP contribution in [0.5, 0.6) is 0 Å². The van der Waals surface area contributed by atoms with Gasteiger partial charge < -0.3 is 15.8 Å². The predicted octanol–water partition coefficient (Wildman–Crippen LogP) is 4.91. The number of benzene rings is 2. The Hall–Kier alpha value is -2.50. The normalized spacial score (nSPS) is 10.7. The van der Waals surface area contributed by atoms with E-state index in [-0.39, 0.29) is 6.61 Å². The van der Waals surface area contributed by atoms with Gasteiger partial charge in [-0.2, -0.15) is 0 Å². The number of ether oxygens (including phenoxy) is 1. The first-order valence-corrected chi connectivity index (χ1v) is 8.79. The Kier molecular flexibility index (Phi) is 5.49. The van der Waals surface area contributed by atoms with Gasteiger partial charge in [0.25, 0.3) is 0 Å². The summed E-state index contributed by atoms with van der Waals surface area (Å²) in [4.78, 5) is 16.7. The molecule has 0 aliphatic heterocycles. The van der Waals surface area contributed by atoms with Gasteiger partial charge in [0.05, 0.1) is 23.5 Å². The highest BCUT2D eigenvalue weighted by Gasteiger charge is 2.17. The molecule has 1 heterocycles. The van der Waals surface area contributed by atoms with Gasteiger partial charge in [-0.1, -0.05) is 41.4 Å². The molecular formula is C19H17Cl2N3O2. The van der Waals surface area contributed by atoms with Gasteiger partial charge in [0, 0.05) is 28.2 Å². The number of nitrogens with two attached hydrogens (primary N) is 1. The molecule has 3 rings (SSSR count). The van der Waals surface area contributed by atoms with Crippen molar-refractivity contribution in [2.75, 3.05) is 17.7 Å². The number of aromatic nitrogens is 1. The molecule has 0 radical (unpaired) electrons. The molecular weight excluding hydrogens is 373 g/mol. The molecule has 0 saturated heterocycles. The van der Waals surface area contributed by atoms with Crippen molar-refractivity contribution in [3.63, 3.8) is 0 Å². The second kappa shape index (κ2) is 7.81. The Balaban J connectivity index is 2.04. The smallest absolute Gasteiger partial charge is 0.341 e. The minimum Gasteiger partial charge on any atom is -0.462 e. The van der Waals surface area contributed by atoms with Gasteiger partial charge in [0.15, 0.2) is 0 Å². The van der Waals surface area contributed by atoms with Gasteiger partial charge in [-0.05, 0) is 30.7 Å². The maximum Gasteiger partial charge on any atom is 0.341 e. The topological polar surface area (TPSA) is 77.2 Å². The Labute approximate surface area is 161 Å². The molecule has 0 unspecified atom stereocenters. The average molecular weight is 390 g/mol. The van der Waals surface area contributed by atoms with Crippen LogP contribution >= 0.6 is 23.2 Å². The van der Waals surface area contributed by atoms with Crippen molar-refractivity contribution in [3.05, 3.63) is 63.8 Å². The van der Waals surface area contributed by atoms with E-state index >= 15 is 0 Å². The number of hydrogen-bond acceptors (Lipinski definition) is 5. The molecule has 0 fully saturated rings. The number of esters is 1. The summed E-state index contributed by atoms with van der Waals surface area (Å²) in [6.07, 6.45) is 1.47. The number of carbonyl (C=O) groups is 1. The highest BCUT2D eigenvalue weighted by atomic mass is 35.5. The molecule has 3 N–H and O–H groups in total. The second-order valence-corrected chi connectivity index (χ2v) is 6.44. The molecule has 0 aliphatic rings. The standard InChI is InChI=1S/C19H17Cl2N3O2/c1-2-26-19(25)14-10-24-18-13(4-3-5-16(18)22)17(14)23-9-11-6-7-12(20)8-15(11)21/h3-8,10H,2,9,22H2,1H3,(H,23,24). The molecule has 0 spiro atoms. The van der Waals surface area contributed by atoms with Crippen molar-refractivity contribution in [1.29, 1.82) is 0 Å². The van der Waals surface area contributed by atoms with Crippen LogP contribution in [-0.2, 0) is 11.3 Å². The number of nitrogen functional groups attached to an aromatic ring is 1. The van der Waals surface area contributed by atoms with Crippen LogP contribution in [0.3, 0.4) is 0 Å². The summed E-state index contributed by atoms with van der Waals surface area (Å²) in [7, 11) is 0. The summed E-state index contributed by atoms with van der Waals surface area (Å²) < 4.78 is 5.15. The fourth-order valence-corrected chi connectivity index (χ4v) is 3.12. The summed E-state index contributed by atoms with van der Waals surface area (Å²) in [5, 5.41) is 5.12. The van der Waals surface area contributed by atoms with Crippen LogP contribution in [-0.4, -0.2) is 17.6 Å². The van der Waals surface area contributed by atoms with Crippen molar-refractivity contribution >= 4 is 51.4 Å². The first-order chi connectivity index (χ1) is 12.5. The maximum absolute atomic E-state index is 12.3. The number of halogens is 2. The second-order valence-electron chi connectivity index (χ2n) is 5.60. The van der Waals surface area contributed by atoms with E-state index in [2.05, 4.69) is 10.3 Å². The van der Waals surface area contributed by atoms with Crippen LogP contribution in [0, 0.1) is 0 Å². The SMILES string of the molecule is CCOC(=O)c1cnc2c(N)cccc2c1NCc1ccc(Cl)cc1Cl. The molecule has 26 heavy (non-hydrogen) atoms. The van der Waals surface area contributed by atoms with Crippen LogP contribution < -0.4 is 11.1 Å². The zero-order valence-corrected chi connectivity index (χ0v) is 15.6. The van der Waals surface area contributed by atoms with Gasteiger partial charge in [-0.3, -0.25) is 4.98 Å². The number of nitrogens with zero attached hydrogens (tertiary/aromatic N) is 1. The molecule has 2 aromatic carbocycles. The lowest BCUT2D eigenvalue weighted by atomic mass is 10.1. The van der Waals surface area contributed by atoms with E-state index in [4.69, 9.17) is 33.7 Å². The Bertz CT molecular complexity index is 976. The monoisotopic (exact) mass is 389 g/mol. The lowest BCUT2D eigenvalue weighted by Crippen LogP contribution is -2.11. The zero-order chi connectivity index (χ0) is 18.7. The van der Waals surface area contributed by atoms with Gasteiger partial charge >= 0.3 is 5.97 Å². The highest BCUT2D eigenvalue weighted by molar-refractivity contribution is 6.35. The number of anilines is 2.